The molecule has 4 aromatic rings. The summed E-state index contributed by atoms with van der Waals surface area (Å²) in [5, 5.41) is 4.14. The zero-order chi connectivity index (χ0) is 19.8. The zero-order valence-electron chi connectivity index (χ0n) is 16.4. The van der Waals surface area contributed by atoms with Crippen LogP contribution in [0.5, 0.6) is 0 Å². The Labute approximate surface area is 173 Å². The average molecular weight is 406 g/mol. The molecule has 0 radical (unpaired) electrons. The van der Waals surface area contributed by atoms with Crippen molar-refractivity contribution < 1.29 is 0 Å². The van der Waals surface area contributed by atoms with E-state index in [9.17, 15) is 4.79 Å². The number of imidazole rings is 1. The van der Waals surface area contributed by atoms with Crippen LogP contribution in [-0.2, 0) is 6.54 Å². The van der Waals surface area contributed by atoms with Gasteiger partial charge in [0.25, 0.3) is 0 Å². The first-order valence-corrected chi connectivity index (χ1v) is 11.0. The van der Waals surface area contributed by atoms with E-state index in [1.807, 2.05) is 31.6 Å². The molecule has 0 spiro atoms. The Morgan fingerprint density at radius 1 is 1.21 bits per heavy atom. The first-order valence-electron chi connectivity index (χ1n) is 10.0. The van der Waals surface area contributed by atoms with Gasteiger partial charge in [0.05, 0.1) is 16.7 Å². The van der Waals surface area contributed by atoms with E-state index in [1.54, 1.807) is 22.1 Å². The lowest BCUT2D eigenvalue weighted by atomic mass is 10.1. The maximum atomic E-state index is 11.6. The third-order valence-electron chi connectivity index (χ3n) is 5.67. The summed E-state index contributed by atoms with van der Waals surface area (Å²) in [6.07, 6.45) is 8.24. The minimum absolute atomic E-state index is 0.223. The summed E-state index contributed by atoms with van der Waals surface area (Å²) in [4.78, 5) is 22.6. The molecule has 2 unspecified atom stereocenters. The minimum Gasteiger partial charge on any atom is -0.299 e. The molecule has 6 rings (SSSR count). The van der Waals surface area contributed by atoms with Crippen LogP contribution >= 0.6 is 11.3 Å². The van der Waals surface area contributed by atoms with Crippen LogP contribution in [0.15, 0.2) is 58.5 Å². The summed E-state index contributed by atoms with van der Waals surface area (Å²) in [5.74, 6) is 0. The average Bonchev–Trinajstić information content (AvgIpc) is 3.20. The number of fused-ring (bicyclic) bond motifs is 2. The normalized spacial score (nSPS) is 19.6. The molecule has 6 nitrogen and oxygen atoms in total. The Morgan fingerprint density at radius 3 is 2.79 bits per heavy atom. The molecule has 0 N–H and O–H groups in total. The Morgan fingerprint density at radius 2 is 2.14 bits per heavy atom. The van der Waals surface area contributed by atoms with Crippen molar-refractivity contribution in [3.8, 4) is 16.8 Å². The summed E-state index contributed by atoms with van der Waals surface area (Å²) in [6, 6.07) is 9.23. The maximum absolute atomic E-state index is 11.6. The van der Waals surface area contributed by atoms with Crippen LogP contribution in [0.2, 0.25) is 0 Å². The topological polar surface area (TPSA) is 55.7 Å². The fourth-order valence-electron chi connectivity index (χ4n) is 3.92. The molecule has 3 aromatic heterocycles. The van der Waals surface area contributed by atoms with Crippen molar-refractivity contribution in [2.45, 2.75) is 32.4 Å². The second kappa shape index (κ2) is 7.57. The van der Waals surface area contributed by atoms with E-state index < -0.39 is 0 Å². The molecular weight excluding hydrogens is 382 g/mol. The number of aromatic nitrogens is 4. The number of benzene rings is 1. The highest BCUT2D eigenvalue weighted by Crippen LogP contribution is 2.29. The molecule has 1 aromatic carbocycles. The van der Waals surface area contributed by atoms with E-state index in [0.717, 1.165) is 33.9 Å². The molecule has 2 aliphatic rings. The van der Waals surface area contributed by atoms with Gasteiger partial charge in [-0.25, -0.2) is 14.8 Å². The van der Waals surface area contributed by atoms with E-state index in [-0.39, 0.29) is 5.69 Å². The van der Waals surface area contributed by atoms with Gasteiger partial charge in [0, 0.05) is 42.5 Å². The molecule has 0 amide bonds. The molecule has 0 aliphatic carbocycles. The first kappa shape index (κ1) is 18.3. The number of hydrogen-bond acceptors (Lipinski definition) is 5. The summed E-state index contributed by atoms with van der Waals surface area (Å²) in [6.45, 7) is 5.35. The number of rotatable bonds is 3. The van der Waals surface area contributed by atoms with Crippen molar-refractivity contribution in [2.24, 2.45) is 0 Å². The standard InChI is InChI=1S/C17H14N4OS.C5H9N/c1-2-20-9-13(8-18-17(20)22)12-3-4-16-15(7-12)19-11-21(16)14-5-6-23-10-14;1-2-5-4-6(5)3-1/h3-11H,2H2,1H3;5H,1-4H2. The number of nitrogens with zero attached hydrogens (tertiary/aromatic N) is 5. The van der Waals surface area contributed by atoms with Crippen molar-refractivity contribution in [1.29, 1.82) is 0 Å². The van der Waals surface area contributed by atoms with Crippen molar-refractivity contribution in [3.63, 3.8) is 0 Å². The fraction of sp³-hybridized carbons (Fsp3) is 0.318. The number of thiophene rings is 1. The summed E-state index contributed by atoms with van der Waals surface area (Å²) < 4.78 is 3.67. The third-order valence-corrected chi connectivity index (χ3v) is 6.34. The fourth-order valence-corrected chi connectivity index (χ4v) is 4.55. The predicted molar refractivity (Wildman–Crippen MR) is 117 cm³/mol. The highest BCUT2D eigenvalue weighted by atomic mass is 32.1. The summed E-state index contributed by atoms with van der Waals surface area (Å²) >= 11 is 1.66. The van der Waals surface area contributed by atoms with Crippen LogP contribution in [0.25, 0.3) is 27.8 Å². The van der Waals surface area contributed by atoms with Gasteiger partial charge in [-0.3, -0.25) is 14.0 Å². The molecule has 0 bridgehead atoms. The summed E-state index contributed by atoms with van der Waals surface area (Å²) in [7, 11) is 0. The Bertz CT molecular complexity index is 1190. The van der Waals surface area contributed by atoms with Crippen LogP contribution < -0.4 is 5.69 Å². The van der Waals surface area contributed by atoms with Crippen LogP contribution in [0.3, 0.4) is 0 Å². The molecule has 148 valence electrons. The van der Waals surface area contributed by atoms with Crippen molar-refractivity contribution in [1.82, 2.24) is 24.0 Å². The van der Waals surface area contributed by atoms with Gasteiger partial charge in [-0.15, -0.1) is 0 Å². The largest absolute Gasteiger partial charge is 0.347 e. The van der Waals surface area contributed by atoms with Crippen molar-refractivity contribution in [3.05, 3.63) is 64.2 Å². The van der Waals surface area contributed by atoms with Gasteiger partial charge >= 0.3 is 5.69 Å². The van der Waals surface area contributed by atoms with E-state index in [1.165, 1.54) is 25.9 Å². The molecule has 2 aliphatic heterocycles. The van der Waals surface area contributed by atoms with Gasteiger partial charge in [0.1, 0.15) is 6.33 Å². The molecule has 5 heterocycles. The summed E-state index contributed by atoms with van der Waals surface area (Å²) in [5.41, 5.74) is 4.79. The van der Waals surface area contributed by atoms with Gasteiger partial charge in [0.2, 0.25) is 0 Å². The Hall–Kier alpha value is -2.77. The van der Waals surface area contributed by atoms with Crippen LogP contribution in [0.4, 0.5) is 0 Å². The quantitative estimate of drug-likeness (QED) is 0.487. The Balaban J connectivity index is 0.000000255. The van der Waals surface area contributed by atoms with Crippen LogP contribution in [0.1, 0.15) is 19.8 Å². The van der Waals surface area contributed by atoms with Crippen LogP contribution in [0, 0.1) is 0 Å². The molecule has 2 atom stereocenters. The second-order valence-electron chi connectivity index (χ2n) is 7.50. The second-order valence-corrected chi connectivity index (χ2v) is 8.28. The van der Waals surface area contributed by atoms with Crippen molar-refractivity contribution in [2.75, 3.05) is 13.1 Å². The lowest BCUT2D eigenvalue weighted by molar-refractivity contribution is 0.593. The van der Waals surface area contributed by atoms with Gasteiger partial charge in [-0.1, -0.05) is 6.07 Å². The molecule has 0 saturated carbocycles. The van der Waals surface area contributed by atoms with E-state index in [4.69, 9.17) is 0 Å². The van der Waals surface area contributed by atoms with Crippen molar-refractivity contribution >= 4 is 22.4 Å². The van der Waals surface area contributed by atoms with E-state index in [2.05, 4.69) is 42.3 Å². The Kier molecular flexibility index (Phi) is 4.77. The minimum atomic E-state index is -0.223. The van der Waals surface area contributed by atoms with Crippen LogP contribution in [-0.4, -0.2) is 43.1 Å². The lowest BCUT2D eigenvalue weighted by Crippen LogP contribution is -2.21. The monoisotopic (exact) mass is 405 g/mol. The van der Waals surface area contributed by atoms with Gasteiger partial charge in [-0.2, -0.15) is 11.3 Å². The van der Waals surface area contributed by atoms with E-state index in [0.29, 0.717) is 6.54 Å². The smallest absolute Gasteiger partial charge is 0.299 e. The van der Waals surface area contributed by atoms with Gasteiger partial charge in [-0.05, 0) is 55.5 Å². The zero-order valence-corrected chi connectivity index (χ0v) is 17.2. The highest BCUT2D eigenvalue weighted by molar-refractivity contribution is 7.08. The lowest BCUT2D eigenvalue weighted by Gasteiger charge is -2.06. The third kappa shape index (κ3) is 3.63. The number of piperidine rings is 1. The van der Waals surface area contributed by atoms with E-state index >= 15 is 0 Å². The molecule has 2 saturated heterocycles. The molecular formula is C22H23N5OS. The maximum Gasteiger partial charge on any atom is 0.347 e. The first-order chi connectivity index (χ1) is 14.2. The number of hydrogen-bond donors (Lipinski definition) is 0. The molecule has 29 heavy (non-hydrogen) atoms. The molecule has 2 fully saturated rings. The van der Waals surface area contributed by atoms with Gasteiger partial charge in [0.15, 0.2) is 0 Å². The number of aryl methyl sites for hydroxylation is 1. The highest BCUT2D eigenvalue weighted by Gasteiger charge is 2.37. The predicted octanol–water partition coefficient (Wildman–Crippen LogP) is 3.80. The SMILES string of the molecule is C1CC2CN2C1.CCn1cc(-c2ccc3c(c2)ncn3-c2ccsc2)cnc1=O. The molecule has 7 heteroatoms. The van der Waals surface area contributed by atoms with Gasteiger partial charge < -0.3 is 0 Å².